The molecule has 0 saturated heterocycles. The highest BCUT2D eigenvalue weighted by Crippen LogP contribution is 2.45. The molecule has 0 radical (unpaired) electrons. The first-order valence-electron chi connectivity index (χ1n) is 16.1. The van der Waals surface area contributed by atoms with Gasteiger partial charge in [0.25, 0.3) is 0 Å². The molecule has 0 bridgehead atoms. The number of rotatable bonds is 5. The Morgan fingerprint density at radius 3 is 2.07 bits per heavy atom. The van der Waals surface area contributed by atoms with Crippen molar-refractivity contribution in [1.29, 1.82) is 0 Å². The summed E-state index contributed by atoms with van der Waals surface area (Å²) in [6, 6.07) is -3.54. The van der Waals surface area contributed by atoms with Crippen LogP contribution < -0.4 is 4.90 Å². The number of carbonyl (C=O) groups is 2. The minimum atomic E-state index is -5.38. The predicted molar refractivity (Wildman–Crippen MR) is 127 cm³/mol. The highest BCUT2D eigenvalue weighted by Gasteiger charge is 2.43. The SMILES string of the molecule is [2H]C([2H])([2H])C([2H])([2H])OC(=O)N1c2ccc(C(F)(F)F)cc2[C@@H](N(Cc2cc(C(F)(F)F)cc(C(F)(F)F)c2)C(=O)OC)C[C@H]1C([2H])([2H])C([2H])([2H])[2H]. The Morgan fingerprint density at radius 1 is 0.951 bits per heavy atom. The van der Waals surface area contributed by atoms with E-state index in [-0.39, 0.29) is 40.1 Å². The zero-order valence-corrected chi connectivity index (χ0v) is 20.5. The molecule has 1 aliphatic heterocycles. The summed E-state index contributed by atoms with van der Waals surface area (Å²) in [5, 5.41) is 0. The summed E-state index contributed by atoms with van der Waals surface area (Å²) >= 11 is 0. The molecule has 0 unspecified atom stereocenters. The van der Waals surface area contributed by atoms with Gasteiger partial charge in [0.2, 0.25) is 0 Å². The van der Waals surface area contributed by atoms with Crippen molar-refractivity contribution in [1.82, 2.24) is 4.90 Å². The smallest absolute Gasteiger partial charge is 0.416 e. The second-order valence-corrected chi connectivity index (χ2v) is 8.54. The first-order chi connectivity index (χ1) is 22.7. The Kier molecular flexibility index (Phi) is 5.77. The topological polar surface area (TPSA) is 59.1 Å². The van der Waals surface area contributed by atoms with E-state index in [0.29, 0.717) is 13.2 Å². The van der Waals surface area contributed by atoms with Gasteiger partial charge < -0.3 is 9.47 Å². The van der Waals surface area contributed by atoms with Gasteiger partial charge in [-0.1, -0.05) is 6.85 Å². The quantitative estimate of drug-likeness (QED) is 0.321. The predicted octanol–water partition coefficient (Wildman–Crippen LogP) is 8.20. The van der Waals surface area contributed by atoms with Crippen LogP contribution in [-0.4, -0.2) is 36.8 Å². The van der Waals surface area contributed by atoms with Crippen LogP contribution >= 0.6 is 0 Å². The van der Waals surface area contributed by atoms with Crippen LogP contribution in [0.4, 0.5) is 54.8 Å². The zero-order valence-electron chi connectivity index (χ0n) is 30.5. The lowest BCUT2D eigenvalue weighted by Gasteiger charge is -2.43. The Balaban J connectivity index is 2.40. The minimum absolute atomic E-state index is 0.0173. The van der Waals surface area contributed by atoms with Crippen LogP contribution in [0.1, 0.15) is 74.1 Å². The summed E-state index contributed by atoms with van der Waals surface area (Å²) in [6.07, 6.45) is -24.7. The van der Waals surface area contributed by atoms with Crippen molar-refractivity contribution in [3.63, 3.8) is 0 Å². The Bertz CT molecular complexity index is 1610. The van der Waals surface area contributed by atoms with Gasteiger partial charge in [0.1, 0.15) is 0 Å². The van der Waals surface area contributed by atoms with Crippen LogP contribution in [0.3, 0.4) is 0 Å². The molecular weight excluding hydrogens is 575 g/mol. The van der Waals surface area contributed by atoms with Crippen molar-refractivity contribution in [3.8, 4) is 0 Å². The Morgan fingerprint density at radius 2 is 1.56 bits per heavy atom. The van der Waals surface area contributed by atoms with Crippen LogP contribution in [-0.2, 0) is 34.5 Å². The lowest BCUT2D eigenvalue weighted by atomic mass is 9.87. The molecular formula is C26H25F9N2O4. The highest BCUT2D eigenvalue weighted by atomic mass is 19.4. The number of anilines is 1. The van der Waals surface area contributed by atoms with E-state index in [1.807, 2.05) is 0 Å². The van der Waals surface area contributed by atoms with E-state index < -0.39 is 116 Å². The number of benzene rings is 2. The normalized spacial score (nSPS) is 22.5. The molecule has 0 aromatic heterocycles. The maximum atomic E-state index is 13.9. The van der Waals surface area contributed by atoms with Crippen molar-refractivity contribution in [3.05, 3.63) is 64.2 Å². The van der Waals surface area contributed by atoms with Gasteiger partial charge in [-0.2, -0.15) is 39.5 Å². The molecule has 0 aliphatic carbocycles. The third-order valence-corrected chi connectivity index (χ3v) is 6.02. The Hall–Kier alpha value is -3.65. The molecule has 6 nitrogen and oxygen atoms in total. The lowest BCUT2D eigenvalue weighted by Crippen LogP contribution is -2.48. The molecule has 2 aromatic rings. The summed E-state index contributed by atoms with van der Waals surface area (Å²) in [5.74, 6) is 0. The molecule has 226 valence electrons. The van der Waals surface area contributed by atoms with E-state index in [1.54, 1.807) is 0 Å². The number of methoxy groups -OCH3 is 1. The van der Waals surface area contributed by atoms with Crippen LogP contribution in [0.5, 0.6) is 0 Å². The van der Waals surface area contributed by atoms with Gasteiger partial charge >= 0.3 is 30.7 Å². The van der Waals surface area contributed by atoms with Crippen molar-refractivity contribution in [2.24, 2.45) is 0 Å². The Labute approximate surface area is 242 Å². The third kappa shape index (κ3) is 6.99. The number of hydrogen-bond acceptors (Lipinski definition) is 4. The van der Waals surface area contributed by atoms with E-state index in [4.69, 9.17) is 13.7 Å². The van der Waals surface area contributed by atoms with Crippen molar-refractivity contribution < 1.29 is 72.3 Å². The second-order valence-electron chi connectivity index (χ2n) is 8.54. The minimum Gasteiger partial charge on any atom is -0.453 e. The summed E-state index contributed by atoms with van der Waals surface area (Å²) in [7, 11) is 0.665. The number of nitrogens with zero attached hydrogens (tertiary/aromatic N) is 2. The molecule has 41 heavy (non-hydrogen) atoms. The van der Waals surface area contributed by atoms with E-state index in [1.165, 1.54) is 0 Å². The largest absolute Gasteiger partial charge is 0.453 e. The van der Waals surface area contributed by atoms with Crippen LogP contribution in [0.25, 0.3) is 0 Å². The fourth-order valence-electron chi connectivity index (χ4n) is 4.29. The standard InChI is InChI=1S/C26H25F9N2O4/c1-4-18-12-21(19-11-15(24(27,28)29)6-7-20(19)37(18)23(39)41-5-2)36(22(38)40-3)13-14-8-16(25(30,31)32)10-17(9-14)26(33,34)35/h6-11,18,21H,4-5,12-13H2,1-3H3/t18-,21+/m1/s1/i1D3,2D3,4D2,5D2. The molecule has 15 heteroatoms. The van der Waals surface area contributed by atoms with Crippen molar-refractivity contribution >= 4 is 17.9 Å². The number of amides is 2. The summed E-state index contributed by atoms with van der Waals surface area (Å²) in [4.78, 5) is 26.9. The summed E-state index contributed by atoms with van der Waals surface area (Å²) in [6.45, 7) is -12.6. The summed E-state index contributed by atoms with van der Waals surface area (Å²) in [5.41, 5.74) is -7.92. The first-order valence-corrected chi connectivity index (χ1v) is 11.1. The molecule has 0 saturated carbocycles. The number of alkyl halides is 9. The van der Waals surface area contributed by atoms with Crippen molar-refractivity contribution in [2.75, 3.05) is 18.6 Å². The number of halogens is 9. The first kappa shape index (κ1) is 20.3. The van der Waals surface area contributed by atoms with E-state index in [0.717, 1.165) is 0 Å². The molecule has 0 spiro atoms. The summed E-state index contributed by atoms with van der Waals surface area (Å²) < 4.78 is 210. The maximum Gasteiger partial charge on any atom is 0.416 e. The number of carbonyl (C=O) groups excluding carboxylic acids is 2. The highest BCUT2D eigenvalue weighted by molar-refractivity contribution is 5.90. The van der Waals surface area contributed by atoms with Crippen LogP contribution in [0.2, 0.25) is 0 Å². The van der Waals surface area contributed by atoms with Gasteiger partial charge in [-0.25, -0.2) is 9.59 Å². The average Bonchev–Trinajstić information content (AvgIpc) is 2.95. The number of fused-ring (bicyclic) bond motifs is 1. The zero-order chi connectivity index (χ0) is 39.5. The van der Waals surface area contributed by atoms with Gasteiger partial charge in [-0.15, -0.1) is 0 Å². The molecule has 0 N–H and O–H groups in total. The van der Waals surface area contributed by atoms with Gasteiger partial charge in [0.05, 0.1) is 44.8 Å². The molecule has 2 atom stereocenters. The van der Waals surface area contributed by atoms with Gasteiger partial charge in [-0.05, 0) is 67.2 Å². The molecule has 0 fully saturated rings. The maximum absolute atomic E-state index is 13.9. The fraction of sp³-hybridized carbons (Fsp3) is 0.462. The molecule has 2 aromatic carbocycles. The van der Waals surface area contributed by atoms with E-state index in [9.17, 15) is 49.1 Å². The average molecular weight is 611 g/mol. The molecule has 1 aliphatic rings. The molecule has 3 rings (SSSR count). The number of hydrogen-bond donors (Lipinski definition) is 0. The second kappa shape index (κ2) is 11.7. The van der Waals surface area contributed by atoms with Gasteiger partial charge in [0, 0.05) is 23.6 Å². The van der Waals surface area contributed by atoms with Crippen LogP contribution in [0, 0.1) is 0 Å². The fourth-order valence-corrected chi connectivity index (χ4v) is 4.29. The molecule has 2 amide bonds. The van der Waals surface area contributed by atoms with E-state index in [2.05, 4.69) is 9.47 Å². The number of ether oxygens (including phenoxy) is 2. The lowest BCUT2D eigenvalue weighted by molar-refractivity contribution is -0.143. The monoisotopic (exact) mass is 610 g/mol. The van der Waals surface area contributed by atoms with Crippen molar-refractivity contribution in [2.45, 2.75) is 63.7 Å². The third-order valence-electron chi connectivity index (χ3n) is 6.02. The molecule has 1 heterocycles. The van der Waals surface area contributed by atoms with E-state index >= 15 is 0 Å². The van der Waals surface area contributed by atoms with Gasteiger partial charge in [-0.3, -0.25) is 9.80 Å². The van der Waals surface area contributed by atoms with Gasteiger partial charge in [0.15, 0.2) is 0 Å². The van der Waals surface area contributed by atoms with Crippen LogP contribution in [0.15, 0.2) is 36.4 Å².